The molecule has 0 amide bonds. The van der Waals surface area contributed by atoms with Crippen LogP contribution in [0, 0.1) is 0 Å². The molecule has 0 aliphatic carbocycles. The van der Waals surface area contributed by atoms with Crippen LogP contribution in [0.5, 0.6) is 0 Å². The molecule has 0 aliphatic heterocycles. The van der Waals surface area contributed by atoms with E-state index >= 15 is 0 Å². The molecule has 1 nitrogen and oxygen atoms in total. The van der Waals surface area contributed by atoms with Gasteiger partial charge in [0.1, 0.15) is 0 Å². The van der Waals surface area contributed by atoms with Crippen LogP contribution in [0.4, 0.5) is 0 Å². The Bertz CT molecular complexity index is 187. The summed E-state index contributed by atoms with van der Waals surface area (Å²) in [5.74, 6) is 0. The van der Waals surface area contributed by atoms with Gasteiger partial charge in [-0.1, -0.05) is 0 Å². The summed E-state index contributed by atoms with van der Waals surface area (Å²) in [4.78, 5) is 0. The Hall–Kier alpha value is 2.14. The van der Waals surface area contributed by atoms with Crippen molar-refractivity contribution in [2.75, 3.05) is 0 Å². The van der Waals surface area contributed by atoms with Crippen LogP contribution in [0.15, 0.2) is 0 Å². The van der Waals surface area contributed by atoms with Crippen LogP contribution in [-0.2, 0) is 1.41 Å². The summed E-state index contributed by atoms with van der Waals surface area (Å²) in [6.07, 6.45) is 4.84. The Labute approximate surface area is 124 Å². The zero-order chi connectivity index (χ0) is 13.4. The molecule has 0 aromatic carbocycles. The fourth-order valence-electron chi connectivity index (χ4n) is 1.81. The third-order valence-electron chi connectivity index (χ3n) is 3.23. The van der Waals surface area contributed by atoms with Gasteiger partial charge in [0.2, 0.25) is 0 Å². The molecule has 0 saturated carbocycles. The summed E-state index contributed by atoms with van der Waals surface area (Å²) in [5, 5.41) is 0. The van der Waals surface area contributed by atoms with E-state index in [2.05, 4.69) is 27.7 Å². The molecule has 0 aliphatic rings. The van der Waals surface area contributed by atoms with Gasteiger partial charge >= 0.3 is 126 Å². The Balaban J connectivity index is 4.47. The summed E-state index contributed by atoms with van der Waals surface area (Å²) >= 11 is -5.60. The molecule has 0 aromatic heterocycles. The van der Waals surface area contributed by atoms with Crippen molar-refractivity contribution in [2.24, 2.45) is 0 Å². The molecule has 0 saturated heterocycles. The van der Waals surface area contributed by atoms with Crippen molar-refractivity contribution in [3.8, 4) is 0 Å². The number of hydrogen-bond donors (Lipinski definition) is 0. The number of rotatable bonds is 10. The fourth-order valence-corrected chi connectivity index (χ4v) is 51.0. The molecule has 2 unspecified atom stereocenters. The molecule has 0 rings (SSSR count). The molecule has 0 radical (unpaired) electrons. The molecular weight excluding hydrogens is 468 g/mol. The van der Waals surface area contributed by atoms with E-state index in [-0.39, 0.29) is 0 Å². The van der Waals surface area contributed by atoms with E-state index in [0.29, 0.717) is 0 Å². The topological polar surface area (TPSA) is 9.23 Å². The molecule has 104 valence electrons. The minimum atomic E-state index is -2.80. The summed E-state index contributed by atoms with van der Waals surface area (Å²) in [5.41, 5.74) is 0. The van der Waals surface area contributed by atoms with Gasteiger partial charge in [0, 0.05) is 0 Å². The first-order valence-electron chi connectivity index (χ1n) is 7.03. The van der Waals surface area contributed by atoms with E-state index in [4.69, 9.17) is 19.3 Å². The Kier molecular flexibility index (Phi) is 11.2. The summed E-state index contributed by atoms with van der Waals surface area (Å²) in [6.45, 7) is 8.81. The number of halogens is 2. The Morgan fingerprint density at radius 3 is 1.35 bits per heavy atom. The quantitative estimate of drug-likeness (QED) is 0.337. The summed E-state index contributed by atoms with van der Waals surface area (Å²) in [7, 11) is 13.6. The van der Waals surface area contributed by atoms with Gasteiger partial charge in [-0.05, 0) is 0 Å². The SMILES string of the molecule is CCC[CH2][Sn]([Cl])([CH2]C)[O][Sn]([Cl])([CH2]C)[CH2]CCC. The van der Waals surface area contributed by atoms with Crippen LogP contribution < -0.4 is 0 Å². The van der Waals surface area contributed by atoms with Crippen molar-refractivity contribution in [1.29, 1.82) is 0 Å². The van der Waals surface area contributed by atoms with Crippen LogP contribution >= 0.6 is 17.8 Å². The van der Waals surface area contributed by atoms with Gasteiger partial charge in [-0.3, -0.25) is 0 Å². The molecule has 0 spiro atoms. The first-order valence-corrected chi connectivity index (χ1v) is 24.7. The predicted octanol–water partition coefficient (Wildman–Crippen LogP) is 6.01. The molecule has 0 heterocycles. The first kappa shape index (κ1) is 19.1. The predicted molar refractivity (Wildman–Crippen MR) is 84.7 cm³/mol. The third-order valence-corrected chi connectivity index (χ3v) is 44.7. The monoisotopic (exact) mass is 498 g/mol. The van der Waals surface area contributed by atoms with Gasteiger partial charge in [-0.15, -0.1) is 0 Å². The maximum atomic E-state index is 6.80. The normalized spacial score (nSPS) is 18.7. The molecule has 17 heavy (non-hydrogen) atoms. The van der Waals surface area contributed by atoms with Gasteiger partial charge in [-0.25, -0.2) is 0 Å². The number of hydrogen-bond acceptors (Lipinski definition) is 1. The van der Waals surface area contributed by atoms with E-state index < -0.39 is 35.3 Å². The van der Waals surface area contributed by atoms with Crippen LogP contribution in [-0.4, -0.2) is 35.3 Å². The van der Waals surface area contributed by atoms with Gasteiger partial charge in [-0.2, -0.15) is 0 Å². The molecule has 0 bridgehead atoms. The molecular formula is C12H28Cl2OSn2. The second-order valence-electron chi connectivity index (χ2n) is 4.78. The molecule has 0 aromatic rings. The minimum absolute atomic E-state index is 1.06. The molecule has 0 fully saturated rings. The summed E-state index contributed by atoms with van der Waals surface area (Å²) in [6, 6.07) is 0. The zero-order valence-electron chi connectivity index (χ0n) is 11.8. The number of unbranched alkanes of at least 4 members (excludes halogenated alkanes) is 2. The molecule has 0 N–H and O–H groups in total. The fraction of sp³-hybridized carbons (Fsp3) is 1.00. The first-order chi connectivity index (χ1) is 7.95. The Morgan fingerprint density at radius 1 is 0.765 bits per heavy atom. The van der Waals surface area contributed by atoms with E-state index in [1.54, 1.807) is 0 Å². The van der Waals surface area contributed by atoms with Crippen molar-refractivity contribution < 1.29 is 1.41 Å². The summed E-state index contributed by atoms with van der Waals surface area (Å²) < 4.78 is 10.9. The van der Waals surface area contributed by atoms with Crippen molar-refractivity contribution in [3.05, 3.63) is 0 Å². The maximum absolute atomic E-state index is 6.80. The van der Waals surface area contributed by atoms with Crippen molar-refractivity contribution in [3.63, 3.8) is 0 Å². The van der Waals surface area contributed by atoms with Crippen LogP contribution in [0.2, 0.25) is 17.7 Å². The standard InChI is InChI=1S/2C4H9.2C2H5.2ClH.O.2Sn/c2*1-3-4-2;2*1-2;;;;;/h2*1,3-4H2,2H3;2*1H2,2H3;2*1H;;;/q;;;;;;;2*+1/p-2. The second-order valence-corrected chi connectivity index (χ2v) is 35.5. The van der Waals surface area contributed by atoms with E-state index in [9.17, 15) is 0 Å². The van der Waals surface area contributed by atoms with Crippen LogP contribution in [0.1, 0.15) is 53.4 Å². The average Bonchev–Trinajstić information content (AvgIpc) is 2.34. The van der Waals surface area contributed by atoms with Crippen LogP contribution in [0.25, 0.3) is 0 Å². The van der Waals surface area contributed by atoms with Gasteiger partial charge < -0.3 is 0 Å². The van der Waals surface area contributed by atoms with Gasteiger partial charge in [0.25, 0.3) is 0 Å². The van der Waals surface area contributed by atoms with E-state index in [1.807, 2.05) is 0 Å². The third kappa shape index (κ3) is 8.11. The van der Waals surface area contributed by atoms with Gasteiger partial charge in [0.15, 0.2) is 0 Å². The van der Waals surface area contributed by atoms with Crippen LogP contribution in [0.3, 0.4) is 0 Å². The average molecular weight is 497 g/mol. The zero-order valence-corrected chi connectivity index (χ0v) is 19.0. The van der Waals surface area contributed by atoms with Crippen molar-refractivity contribution in [2.45, 2.75) is 71.1 Å². The van der Waals surface area contributed by atoms with Gasteiger partial charge in [0.05, 0.1) is 0 Å². The van der Waals surface area contributed by atoms with Crippen molar-refractivity contribution in [1.82, 2.24) is 0 Å². The Morgan fingerprint density at radius 2 is 1.12 bits per heavy atom. The molecule has 5 heteroatoms. The second kappa shape index (κ2) is 9.95. The van der Waals surface area contributed by atoms with Crippen molar-refractivity contribution >= 4 is 53.2 Å². The molecule has 2 atom stereocenters. The van der Waals surface area contributed by atoms with E-state index in [1.165, 1.54) is 25.7 Å². The van der Waals surface area contributed by atoms with E-state index in [0.717, 1.165) is 17.7 Å².